The number of nitrogens with zero attached hydrogens (tertiary/aromatic N) is 4. The van der Waals surface area contributed by atoms with Crippen LogP contribution in [0.1, 0.15) is 31.5 Å². The Morgan fingerprint density at radius 1 is 1.34 bits per heavy atom. The Morgan fingerprint density at radius 2 is 2.21 bits per heavy atom. The molecular weight excluding hydrogens is 370 g/mol. The fourth-order valence-corrected chi connectivity index (χ4v) is 3.98. The zero-order valence-electron chi connectivity index (χ0n) is 16.4. The van der Waals surface area contributed by atoms with Crippen LogP contribution in [-0.4, -0.2) is 38.0 Å². The molecule has 2 amide bonds. The molecule has 1 fully saturated rings. The molecule has 0 bridgehead atoms. The van der Waals surface area contributed by atoms with E-state index < -0.39 is 0 Å². The predicted molar refractivity (Wildman–Crippen MR) is 107 cm³/mol. The van der Waals surface area contributed by atoms with Crippen molar-refractivity contribution in [3.63, 3.8) is 0 Å². The van der Waals surface area contributed by atoms with Crippen molar-refractivity contribution in [2.24, 2.45) is 13.0 Å². The first kappa shape index (κ1) is 18.9. The first-order valence-electron chi connectivity index (χ1n) is 9.65. The highest BCUT2D eigenvalue weighted by atomic mass is 16.3. The molecule has 8 heteroatoms. The van der Waals surface area contributed by atoms with E-state index in [0.717, 1.165) is 11.3 Å². The molecule has 1 saturated heterocycles. The van der Waals surface area contributed by atoms with Crippen molar-refractivity contribution in [1.29, 1.82) is 0 Å². The largest absolute Gasteiger partial charge is 0.444 e. The number of piperidine rings is 1. The molecule has 0 spiro atoms. The van der Waals surface area contributed by atoms with E-state index in [1.807, 2.05) is 44.3 Å². The van der Waals surface area contributed by atoms with Crippen LogP contribution in [0, 0.1) is 5.92 Å². The molecule has 2 atom stereocenters. The minimum atomic E-state index is -0.364. The molecule has 0 saturated carbocycles. The fourth-order valence-electron chi connectivity index (χ4n) is 3.98. The predicted octanol–water partition coefficient (Wildman–Crippen LogP) is 3.01. The number of carbonyl (C=O) groups is 2. The molecule has 8 nitrogen and oxygen atoms in total. The Hall–Kier alpha value is -3.42. The van der Waals surface area contributed by atoms with Crippen LogP contribution in [0.15, 0.2) is 53.5 Å². The van der Waals surface area contributed by atoms with Gasteiger partial charge in [0.25, 0.3) is 0 Å². The van der Waals surface area contributed by atoms with Crippen molar-refractivity contribution >= 4 is 17.5 Å². The summed E-state index contributed by atoms with van der Waals surface area (Å²) in [7, 11) is 1.83. The van der Waals surface area contributed by atoms with Crippen molar-refractivity contribution in [1.82, 2.24) is 19.7 Å². The second kappa shape index (κ2) is 7.90. The molecule has 3 heterocycles. The quantitative estimate of drug-likeness (QED) is 0.719. The molecule has 1 N–H and O–H groups in total. The summed E-state index contributed by atoms with van der Waals surface area (Å²) < 4.78 is 7.07. The second-order valence-corrected chi connectivity index (χ2v) is 7.09. The van der Waals surface area contributed by atoms with Crippen molar-refractivity contribution in [2.45, 2.75) is 25.8 Å². The van der Waals surface area contributed by atoms with Crippen LogP contribution < -0.4 is 5.32 Å². The number of amides is 2. The van der Waals surface area contributed by atoms with E-state index in [1.54, 1.807) is 22.0 Å². The first-order valence-corrected chi connectivity index (χ1v) is 9.65. The van der Waals surface area contributed by atoms with Crippen LogP contribution in [0.2, 0.25) is 0 Å². The third-order valence-corrected chi connectivity index (χ3v) is 5.39. The van der Waals surface area contributed by atoms with Gasteiger partial charge in [0.2, 0.25) is 11.8 Å². The number of hydrogen-bond donors (Lipinski definition) is 1. The number of nitrogens with one attached hydrogen (secondary N) is 1. The van der Waals surface area contributed by atoms with E-state index in [1.165, 1.54) is 6.39 Å². The van der Waals surface area contributed by atoms with Gasteiger partial charge in [-0.1, -0.05) is 12.1 Å². The molecule has 4 rings (SSSR count). The lowest BCUT2D eigenvalue weighted by atomic mass is 9.85. The maximum Gasteiger partial charge on any atom is 0.229 e. The summed E-state index contributed by atoms with van der Waals surface area (Å²) in [5.74, 6) is 0.221. The van der Waals surface area contributed by atoms with Crippen molar-refractivity contribution in [3.8, 4) is 11.3 Å². The van der Waals surface area contributed by atoms with Gasteiger partial charge in [-0.2, -0.15) is 5.10 Å². The monoisotopic (exact) mass is 393 g/mol. The summed E-state index contributed by atoms with van der Waals surface area (Å²) in [5, 5.41) is 7.25. The van der Waals surface area contributed by atoms with E-state index in [9.17, 15) is 9.59 Å². The van der Waals surface area contributed by atoms with Crippen molar-refractivity contribution in [2.75, 3.05) is 11.9 Å². The van der Waals surface area contributed by atoms with E-state index in [4.69, 9.17) is 4.42 Å². The number of benzene rings is 1. The Balaban J connectivity index is 1.60. The van der Waals surface area contributed by atoms with Crippen LogP contribution in [0.5, 0.6) is 0 Å². The summed E-state index contributed by atoms with van der Waals surface area (Å²) in [6.07, 6.45) is 5.55. The highest BCUT2D eigenvalue weighted by Gasteiger charge is 2.41. The summed E-state index contributed by atoms with van der Waals surface area (Å²) in [6, 6.07) is 8.97. The first-order chi connectivity index (χ1) is 14.1. The summed E-state index contributed by atoms with van der Waals surface area (Å²) >= 11 is 0. The van der Waals surface area contributed by atoms with Gasteiger partial charge < -0.3 is 14.6 Å². The zero-order chi connectivity index (χ0) is 20.4. The maximum atomic E-state index is 13.2. The van der Waals surface area contributed by atoms with E-state index in [2.05, 4.69) is 15.4 Å². The average molecular weight is 393 g/mol. The number of aromatic nitrogens is 3. The van der Waals surface area contributed by atoms with Gasteiger partial charge >= 0.3 is 0 Å². The highest BCUT2D eigenvalue weighted by molar-refractivity contribution is 5.95. The number of rotatable bonds is 5. The number of anilines is 1. The van der Waals surface area contributed by atoms with Gasteiger partial charge in [-0.05, 0) is 31.5 Å². The van der Waals surface area contributed by atoms with Gasteiger partial charge in [0.15, 0.2) is 12.2 Å². The highest BCUT2D eigenvalue weighted by Crippen LogP contribution is 2.37. The van der Waals surface area contributed by atoms with Crippen LogP contribution in [0.3, 0.4) is 0 Å². The molecule has 1 aliphatic rings. The number of carbonyl (C=O) groups excluding carboxylic acids is 2. The van der Waals surface area contributed by atoms with Gasteiger partial charge in [-0.25, -0.2) is 4.98 Å². The van der Waals surface area contributed by atoms with E-state index >= 15 is 0 Å². The fraction of sp³-hybridized carbons (Fsp3) is 0.333. The Morgan fingerprint density at radius 3 is 2.90 bits per heavy atom. The van der Waals surface area contributed by atoms with Gasteiger partial charge in [0.1, 0.15) is 0 Å². The summed E-state index contributed by atoms with van der Waals surface area (Å²) in [5.41, 5.74) is 2.36. The van der Waals surface area contributed by atoms with Gasteiger partial charge in [0, 0.05) is 37.5 Å². The summed E-state index contributed by atoms with van der Waals surface area (Å²) in [4.78, 5) is 31.4. The minimum absolute atomic E-state index is 0.0649. The van der Waals surface area contributed by atoms with Crippen LogP contribution in [0.4, 0.5) is 5.69 Å². The van der Waals surface area contributed by atoms with Crippen LogP contribution >= 0.6 is 0 Å². The Kier molecular flexibility index (Phi) is 5.16. The van der Waals surface area contributed by atoms with Gasteiger partial charge in [-0.3, -0.25) is 14.3 Å². The molecule has 0 radical (unpaired) electrons. The number of aryl methyl sites for hydroxylation is 1. The van der Waals surface area contributed by atoms with Crippen LogP contribution in [-0.2, 0) is 16.6 Å². The molecule has 3 aromatic rings. The minimum Gasteiger partial charge on any atom is -0.444 e. The zero-order valence-corrected chi connectivity index (χ0v) is 16.4. The Bertz CT molecular complexity index is 1010. The van der Waals surface area contributed by atoms with Gasteiger partial charge in [0.05, 0.1) is 23.9 Å². The van der Waals surface area contributed by atoms with Crippen LogP contribution in [0.25, 0.3) is 11.3 Å². The molecule has 0 unspecified atom stereocenters. The molecular formula is C21H23N5O3. The van der Waals surface area contributed by atoms with E-state index in [0.29, 0.717) is 30.8 Å². The lowest BCUT2D eigenvalue weighted by Crippen LogP contribution is -2.47. The SMILES string of the molecule is CCN1C(=O)CC[C@H](C(=O)Nc2cccc(-c3cnco3)c2)[C@H]1c1ccnn1C. The maximum absolute atomic E-state index is 13.2. The third-order valence-electron chi connectivity index (χ3n) is 5.39. The number of hydrogen-bond acceptors (Lipinski definition) is 5. The molecule has 0 aliphatic carbocycles. The topological polar surface area (TPSA) is 93.3 Å². The molecule has 150 valence electrons. The average Bonchev–Trinajstić information content (AvgIpc) is 3.39. The number of likely N-dealkylation sites (tertiary alicyclic amines) is 1. The van der Waals surface area contributed by atoms with Crippen molar-refractivity contribution in [3.05, 3.63) is 54.8 Å². The standard InChI is InChI=1S/C21H23N5O3/c1-3-26-19(27)8-7-16(20(26)17-9-10-23-25(17)2)21(28)24-15-6-4-5-14(11-15)18-12-22-13-29-18/h4-6,9-13,16,20H,3,7-8H2,1-2H3,(H,24,28)/t16-,20-/m0/s1. The smallest absolute Gasteiger partial charge is 0.229 e. The molecule has 1 aromatic carbocycles. The third kappa shape index (κ3) is 3.65. The van der Waals surface area contributed by atoms with Gasteiger partial charge in [-0.15, -0.1) is 0 Å². The molecule has 1 aliphatic heterocycles. The molecule has 2 aromatic heterocycles. The second-order valence-electron chi connectivity index (χ2n) is 7.09. The lowest BCUT2D eigenvalue weighted by molar-refractivity contribution is -0.142. The number of oxazole rings is 1. The van der Waals surface area contributed by atoms with Crippen molar-refractivity contribution < 1.29 is 14.0 Å². The normalized spacial score (nSPS) is 19.4. The Labute approximate surface area is 168 Å². The van der Waals surface area contributed by atoms with E-state index in [-0.39, 0.29) is 23.8 Å². The summed E-state index contributed by atoms with van der Waals surface area (Å²) in [6.45, 7) is 2.47. The lowest BCUT2D eigenvalue weighted by Gasteiger charge is -2.40. The molecule has 29 heavy (non-hydrogen) atoms.